The zero-order valence-corrected chi connectivity index (χ0v) is 23.8. The van der Waals surface area contributed by atoms with E-state index in [2.05, 4.69) is 12.1 Å². The molecular formula is C37H48O2. The molecule has 0 radical (unpaired) electrons. The molecule has 208 valence electrons. The average Bonchev–Trinajstić information content (AvgIpc) is 2.86. The molecule has 12 aliphatic carbocycles. The number of carboxylic acid groups (broad SMARTS) is 1. The summed E-state index contributed by atoms with van der Waals surface area (Å²) in [5.41, 5.74) is 5.16. The van der Waals surface area contributed by atoms with E-state index in [9.17, 15) is 9.90 Å². The SMILES string of the molecule is O=C(O)c1c(C2C3CC4CC(C3)CC2C4)cc(C2C3CC4CC(C3)CC2C4)cc1C1C2CC3CC(C2)CC1C3. The Morgan fingerprint density at radius 1 is 0.462 bits per heavy atom. The summed E-state index contributed by atoms with van der Waals surface area (Å²) in [4.78, 5) is 13.4. The summed E-state index contributed by atoms with van der Waals surface area (Å²) >= 11 is 0. The fraction of sp³-hybridized carbons (Fsp3) is 0.811. The molecule has 0 amide bonds. The van der Waals surface area contributed by atoms with Gasteiger partial charge in [-0.2, -0.15) is 0 Å². The first-order valence-electron chi connectivity index (χ1n) is 17.4. The molecule has 0 aromatic heterocycles. The average molecular weight is 525 g/mol. The van der Waals surface area contributed by atoms with Crippen molar-refractivity contribution in [2.45, 2.75) is 114 Å². The minimum atomic E-state index is -0.584. The van der Waals surface area contributed by atoms with Crippen molar-refractivity contribution in [2.75, 3.05) is 0 Å². The van der Waals surface area contributed by atoms with E-state index in [4.69, 9.17) is 0 Å². The van der Waals surface area contributed by atoms with E-state index in [1.807, 2.05) is 0 Å². The Labute approximate surface area is 235 Å². The van der Waals surface area contributed by atoms with E-state index in [0.29, 0.717) is 17.8 Å². The van der Waals surface area contributed by atoms with Crippen molar-refractivity contribution in [1.82, 2.24) is 0 Å². The van der Waals surface area contributed by atoms with Gasteiger partial charge in [-0.3, -0.25) is 0 Å². The van der Waals surface area contributed by atoms with Crippen molar-refractivity contribution in [2.24, 2.45) is 71.0 Å². The first-order chi connectivity index (χ1) is 19.0. The number of hydrogen-bond donors (Lipinski definition) is 1. The van der Waals surface area contributed by atoms with Crippen molar-refractivity contribution in [3.8, 4) is 0 Å². The van der Waals surface area contributed by atoms with Crippen molar-refractivity contribution >= 4 is 5.97 Å². The molecule has 1 aromatic rings. The molecule has 2 nitrogen and oxygen atoms in total. The molecule has 1 N–H and O–H groups in total. The molecule has 0 unspecified atom stereocenters. The number of carboxylic acids is 1. The first kappa shape index (κ1) is 23.3. The smallest absolute Gasteiger partial charge is 0.336 e. The maximum Gasteiger partial charge on any atom is 0.336 e. The highest BCUT2D eigenvalue weighted by Gasteiger charge is 2.54. The van der Waals surface area contributed by atoms with E-state index in [0.717, 1.165) is 76.6 Å². The number of benzene rings is 1. The maximum absolute atomic E-state index is 13.4. The Morgan fingerprint density at radius 2 is 0.744 bits per heavy atom. The fourth-order valence-electron chi connectivity index (χ4n) is 15.0. The summed E-state index contributed by atoms with van der Waals surface area (Å²) in [7, 11) is 0. The van der Waals surface area contributed by atoms with Crippen LogP contribution in [0.3, 0.4) is 0 Å². The Bertz CT molecular complexity index is 1060. The molecule has 0 atom stereocenters. The molecule has 13 rings (SSSR count). The van der Waals surface area contributed by atoms with E-state index in [1.165, 1.54) is 107 Å². The lowest BCUT2D eigenvalue weighted by Crippen LogP contribution is -2.46. The van der Waals surface area contributed by atoms with Crippen LogP contribution in [0.5, 0.6) is 0 Å². The Morgan fingerprint density at radius 3 is 1.03 bits per heavy atom. The Hall–Kier alpha value is -1.31. The predicted molar refractivity (Wildman–Crippen MR) is 153 cm³/mol. The highest BCUT2D eigenvalue weighted by atomic mass is 16.4. The topological polar surface area (TPSA) is 37.3 Å². The first-order valence-corrected chi connectivity index (χ1v) is 17.4. The highest BCUT2D eigenvalue weighted by Crippen LogP contribution is 2.65. The van der Waals surface area contributed by atoms with Gasteiger partial charge in [-0.25, -0.2) is 4.79 Å². The van der Waals surface area contributed by atoms with E-state index in [-0.39, 0.29) is 0 Å². The van der Waals surface area contributed by atoms with Gasteiger partial charge in [-0.05, 0) is 202 Å². The van der Waals surface area contributed by atoms with Gasteiger partial charge >= 0.3 is 5.97 Å². The van der Waals surface area contributed by atoms with Gasteiger partial charge in [-0.1, -0.05) is 12.1 Å². The van der Waals surface area contributed by atoms with Crippen LogP contribution in [0.15, 0.2) is 12.1 Å². The van der Waals surface area contributed by atoms with Gasteiger partial charge in [0.15, 0.2) is 0 Å². The summed E-state index contributed by atoms with van der Waals surface area (Å²) in [6.07, 6.45) is 21.3. The highest BCUT2D eigenvalue weighted by molar-refractivity contribution is 5.92. The van der Waals surface area contributed by atoms with Crippen molar-refractivity contribution in [3.63, 3.8) is 0 Å². The van der Waals surface area contributed by atoms with Gasteiger partial charge in [-0.15, -0.1) is 0 Å². The molecule has 0 spiro atoms. The molecule has 2 heteroatoms. The summed E-state index contributed by atoms with van der Waals surface area (Å²) in [5, 5.41) is 11.1. The lowest BCUT2D eigenvalue weighted by atomic mass is 9.48. The molecule has 12 bridgehead atoms. The number of aromatic carboxylic acids is 1. The van der Waals surface area contributed by atoms with Gasteiger partial charge in [0.25, 0.3) is 0 Å². The van der Waals surface area contributed by atoms with Gasteiger partial charge < -0.3 is 5.11 Å². The van der Waals surface area contributed by atoms with Crippen LogP contribution < -0.4 is 0 Å². The standard InChI is InChI=1S/C37H48O2/c38-37(39)36-31(34-26-8-20-2-21(10-26)11-27(34)9-20)16-30(33-24-4-18-1-19(6-24)7-25(33)5-18)17-32(36)35-28-12-22-3-23(14-28)15-29(35)13-22/h16-29,33-35H,1-15H2,(H,38,39). The lowest BCUT2D eigenvalue weighted by molar-refractivity contribution is -0.00774. The molecule has 0 saturated heterocycles. The zero-order chi connectivity index (χ0) is 25.6. The number of rotatable bonds is 4. The summed E-state index contributed by atoms with van der Waals surface area (Å²) in [6, 6.07) is 5.17. The third-order valence-electron chi connectivity index (χ3n) is 15.2. The Kier molecular flexibility index (Phi) is 4.87. The van der Waals surface area contributed by atoms with Crippen LogP contribution in [-0.4, -0.2) is 11.1 Å². The largest absolute Gasteiger partial charge is 0.478 e. The van der Waals surface area contributed by atoms with Gasteiger partial charge in [0, 0.05) is 0 Å². The summed E-state index contributed by atoms with van der Waals surface area (Å²) < 4.78 is 0. The molecule has 1 aromatic carbocycles. The lowest BCUT2D eigenvalue weighted by Gasteiger charge is -2.57. The molecule has 12 fully saturated rings. The van der Waals surface area contributed by atoms with Crippen molar-refractivity contribution in [1.29, 1.82) is 0 Å². The van der Waals surface area contributed by atoms with Gasteiger partial charge in [0.05, 0.1) is 5.56 Å². The summed E-state index contributed by atoms with van der Waals surface area (Å²) in [5.74, 6) is 11.7. The van der Waals surface area contributed by atoms with Gasteiger partial charge in [0.2, 0.25) is 0 Å². The Balaban J connectivity index is 1.14. The van der Waals surface area contributed by atoms with Crippen molar-refractivity contribution in [3.05, 3.63) is 34.4 Å². The maximum atomic E-state index is 13.4. The van der Waals surface area contributed by atoms with Crippen LogP contribution in [-0.2, 0) is 0 Å². The van der Waals surface area contributed by atoms with Gasteiger partial charge in [0.1, 0.15) is 0 Å². The monoisotopic (exact) mass is 524 g/mol. The quantitative estimate of drug-likeness (QED) is 0.427. The molecule has 12 aliphatic rings. The van der Waals surface area contributed by atoms with E-state index in [1.54, 1.807) is 5.56 Å². The minimum Gasteiger partial charge on any atom is -0.478 e. The second kappa shape index (κ2) is 8.16. The fourth-order valence-corrected chi connectivity index (χ4v) is 15.0. The second-order valence-electron chi connectivity index (χ2n) is 17.2. The van der Waals surface area contributed by atoms with Crippen LogP contribution in [0.4, 0.5) is 0 Å². The molecular weight excluding hydrogens is 476 g/mol. The number of hydrogen-bond acceptors (Lipinski definition) is 1. The molecule has 0 heterocycles. The van der Waals surface area contributed by atoms with Crippen LogP contribution in [0.25, 0.3) is 0 Å². The van der Waals surface area contributed by atoms with E-state index >= 15 is 0 Å². The van der Waals surface area contributed by atoms with E-state index < -0.39 is 5.97 Å². The predicted octanol–water partition coefficient (Wildman–Crippen LogP) is 9.00. The molecule has 39 heavy (non-hydrogen) atoms. The second-order valence-corrected chi connectivity index (χ2v) is 17.2. The molecule has 12 saturated carbocycles. The number of carbonyl (C=O) groups is 1. The van der Waals surface area contributed by atoms with Crippen LogP contribution in [0.1, 0.15) is 141 Å². The third kappa shape index (κ3) is 3.36. The van der Waals surface area contributed by atoms with Crippen LogP contribution >= 0.6 is 0 Å². The normalized spacial score (nSPS) is 53.6. The minimum absolute atomic E-state index is 0.524. The zero-order valence-electron chi connectivity index (χ0n) is 23.8. The molecule has 0 aliphatic heterocycles. The summed E-state index contributed by atoms with van der Waals surface area (Å²) in [6.45, 7) is 0. The van der Waals surface area contributed by atoms with Crippen molar-refractivity contribution < 1.29 is 9.90 Å². The van der Waals surface area contributed by atoms with Crippen LogP contribution in [0.2, 0.25) is 0 Å². The van der Waals surface area contributed by atoms with Crippen LogP contribution in [0, 0.1) is 71.0 Å². The third-order valence-corrected chi connectivity index (χ3v) is 15.2.